The molecule has 0 amide bonds. The van der Waals surface area contributed by atoms with Crippen LogP contribution in [0.25, 0.3) is 0 Å². The Hall–Kier alpha value is -2.17. The fourth-order valence-electron chi connectivity index (χ4n) is 1.94. The first-order valence-electron chi connectivity index (χ1n) is 6.20. The number of hydrogen-bond donors (Lipinski definition) is 1. The summed E-state index contributed by atoms with van der Waals surface area (Å²) in [6.07, 6.45) is 0. The second kappa shape index (κ2) is 5.65. The van der Waals surface area contributed by atoms with Gasteiger partial charge in [-0.15, -0.1) is 0 Å². The van der Waals surface area contributed by atoms with Gasteiger partial charge in [-0.2, -0.15) is 0 Å². The van der Waals surface area contributed by atoms with Gasteiger partial charge in [-0.25, -0.2) is 14.4 Å². The number of nitrogens with one attached hydrogen (secondary N) is 1. The highest BCUT2D eigenvalue weighted by Gasteiger charge is 2.11. The molecular formula is C14H17FN4. The van der Waals surface area contributed by atoms with E-state index in [9.17, 15) is 4.39 Å². The summed E-state index contributed by atoms with van der Waals surface area (Å²) in [5.41, 5.74) is 0.780. The van der Waals surface area contributed by atoms with Crippen LogP contribution in [0.2, 0.25) is 0 Å². The predicted octanol–water partition coefficient (Wildman–Crippen LogP) is 3.12. The molecule has 100 valence electrons. The molecule has 0 saturated carbocycles. The Morgan fingerprint density at radius 1 is 1.26 bits per heavy atom. The van der Waals surface area contributed by atoms with E-state index in [0.29, 0.717) is 12.4 Å². The summed E-state index contributed by atoms with van der Waals surface area (Å²) in [5, 5.41) is 3.00. The normalized spacial score (nSPS) is 10.3. The topological polar surface area (TPSA) is 41.0 Å². The van der Waals surface area contributed by atoms with Gasteiger partial charge in [-0.1, -0.05) is 6.07 Å². The highest BCUT2D eigenvalue weighted by Crippen LogP contribution is 2.25. The lowest BCUT2D eigenvalue weighted by atomic mass is 10.2. The van der Waals surface area contributed by atoms with Crippen molar-refractivity contribution in [2.45, 2.75) is 13.8 Å². The van der Waals surface area contributed by atoms with Crippen LogP contribution in [0.4, 0.5) is 21.7 Å². The Kier molecular flexibility index (Phi) is 3.94. The molecule has 0 aliphatic carbocycles. The Morgan fingerprint density at radius 3 is 2.68 bits per heavy atom. The molecule has 0 spiro atoms. The van der Waals surface area contributed by atoms with E-state index in [1.54, 1.807) is 6.07 Å². The number of aromatic nitrogens is 2. The number of hydrogen-bond acceptors (Lipinski definition) is 4. The summed E-state index contributed by atoms with van der Waals surface area (Å²) in [7, 11) is 1.81. The molecule has 2 rings (SSSR count). The summed E-state index contributed by atoms with van der Waals surface area (Å²) in [4.78, 5) is 10.6. The van der Waals surface area contributed by atoms with Gasteiger partial charge in [0, 0.05) is 25.3 Å². The molecule has 5 heteroatoms. The average molecular weight is 260 g/mol. The zero-order chi connectivity index (χ0) is 13.8. The van der Waals surface area contributed by atoms with Gasteiger partial charge in [0.25, 0.3) is 0 Å². The minimum Gasteiger partial charge on any atom is -0.373 e. The predicted molar refractivity (Wildman–Crippen MR) is 75.4 cm³/mol. The van der Waals surface area contributed by atoms with Crippen molar-refractivity contribution >= 4 is 17.3 Å². The van der Waals surface area contributed by atoms with Crippen molar-refractivity contribution in [3.63, 3.8) is 0 Å². The Balaban J connectivity index is 2.44. The fraction of sp³-hybridized carbons (Fsp3) is 0.286. The Morgan fingerprint density at radius 2 is 2.05 bits per heavy atom. The molecule has 0 aliphatic heterocycles. The zero-order valence-corrected chi connectivity index (χ0v) is 11.3. The summed E-state index contributed by atoms with van der Waals surface area (Å²) in [5.74, 6) is 1.93. The van der Waals surface area contributed by atoms with Crippen LogP contribution in [0.1, 0.15) is 12.7 Å². The SMILES string of the molecule is CCN(c1cccc(F)c1)c1cc(NC)nc(C)n1. The third-order valence-electron chi connectivity index (χ3n) is 2.79. The molecule has 2 aromatic rings. The fourth-order valence-corrected chi connectivity index (χ4v) is 1.94. The van der Waals surface area contributed by atoms with Crippen LogP contribution in [-0.2, 0) is 0 Å². The first-order chi connectivity index (χ1) is 9.13. The summed E-state index contributed by atoms with van der Waals surface area (Å²) in [6.45, 7) is 4.54. The molecule has 4 nitrogen and oxygen atoms in total. The van der Waals surface area contributed by atoms with Crippen molar-refractivity contribution in [3.05, 3.63) is 42.0 Å². The zero-order valence-electron chi connectivity index (χ0n) is 11.3. The van der Waals surface area contributed by atoms with Crippen LogP contribution in [0.3, 0.4) is 0 Å². The number of rotatable bonds is 4. The number of nitrogens with zero attached hydrogens (tertiary/aromatic N) is 3. The maximum atomic E-state index is 13.3. The third kappa shape index (κ3) is 2.99. The molecule has 0 saturated heterocycles. The average Bonchev–Trinajstić information content (AvgIpc) is 2.39. The van der Waals surface area contributed by atoms with Crippen LogP contribution < -0.4 is 10.2 Å². The van der Waals surface area contributed by atoms with Gasteiger partial charge in [-0.3, -0.25) is 0 Å². The largest absolute Gasteiger partial charge is 0.373 e. The van der Waals surface area contributed by atoms with Gasteiger partial charge in [0.1, 0.15) is 23.3 Å². The molecule has 0 aliphatic rings. The minimum absolute atomic E-state index is 0.254. The second-order valence-electron chi connectivity index (χ2n) is 4.13. The van der Waals surface area contributed by atoms with Crippen LogP contribution in [0.15, 0.2) is 30.3 Å². The molecule has 0 fully saturated rings. The summed E-state index contributed by atoms with van der Waals surface area (Å²) in [6, 6.07) is 8.34. The van der Waals surface area contributed by atoms with E-state index in [1.165, 1.54) is 12.1 Å². The highest BCUT2D eigenvalue weighted by atomic mass is 19.1. The number of aryl methyl sites for hydroxylation is 1. The van der Waals surface area contributed by atoms with Crippen molar-refractivity contribution in [1.82, 2.24) is 9.97 Å². The molecule has 1 N–H and O–H groups in total. The molecule has 0 atom stereocenters. The lowest BCUT2D eigenvalue weighted by Gasteiger charge is -2.22. The molecule has 1 heterocycles. The number of anilines is 3. The molecule has 1 aromatic carbocycles. The van der Waals surface area contributed by atoms with Gasteiger partial charge in [0.05, 0.1) is 0 Å². The van der Waals surface area contributed by atoms with Gasteiger partial charge in [0.2, 0.25) is 0 Å². The first kappa shape index (κ1) is 13.3. The molecule has 0 unspecified atom stereocenters. The van der Waals surface area contributed by atoms with E-state index in [1.807, 2.05) is 37.9 Å². The standard InChI is InChI=1S/C14H17FN4/c1-4-19(12-7-5-6-11(15)8-12)14-9-13(16-3)17-10(2)18-14/h5-9H,4H2,1-3H3,(H,16,17,18). The highest BCUT2D eigenvalue weighted by molar-refractivity contribution is 5.62. The lowest BCUT2D eigenvalue weighted by molar-refractivity contribution is 0.627. The third-order valence-corrected chi connectivity index (χ3v) is 2.79. The van der Waals surface area contributed by atoms with E-state index in [0.717, 1.165) is 17.3 Å². The summed E-state index contributed by atoms with van der Waals surface area (Å²) < 4.78 is 13.3. The molecule has 1 aromatic heterocycles. The maximum Gasteiger partial charge on any atom is 0.138 e. The van der Waals surface area contributed by atoms with Crippen LogP contribution >= 0.6 is 0 Å². The van der Waals surface area contributed by atoms with Crippen molar-refractivity contribution in [2.75, 3.05) is 23.8 Å². The van der Waals surface area contributed by atoms with E-state index < -0.39 is 0 Å². The van der Waals surface area contributed by atoms with Gasteiger partial charge in [0.15, 0.2) is 0 Å². The lowest BCUT2D eigenvalue weighted by Crippen LogP contribution is -2.18. The number of benzene rings is 1. The monoisotopic (exact) mass is 260 g/mol. The van der Waals surface area contributed by atoms with Gasteiger partial charge >= 0.3 is 0 Å². The van der Waals surface area contributed by atoms with Crippen LogP contribution in [0.5, 0.6) is 0 Å². The molecule has 0 bridgehead atoms. The second-order valence-corrected chi connectivity index (χ2v) is 4.13. The first-order valence-corrected chi connectivity index (χ1v) is 6.20. The molecule has 0 radical (unpaired) electrons. The van der Waals surface area contributed by atoms with Crippen LogP contribution in [-0.4, -0.2) is 23.6 Å². The van der Waals surface area contributed by atoms with Gasteiger partial charge in [-0.05, 0) is 32.0 Å². The van der Waals surface area contributed by atoms with Crippen molar-refractivity contribution in [3.8, 4) is 0 Å². The Labute approximate surface area is 112 Å². The van der Waals surface area contributed by atoms with E-state index in [2.05, 4.69) is 15.3 Å². The van der Waals surface area contributed by atoms with Crippen molar-refractivity contribution < 1.29 is 4.39 Å². The van der Waals surface area contributed by atoms with E-state index in [-0.39, 0.29) is 5.82 Å². The maximum absolute atomic E-state index is 13.3. The molecular weight excluding hydrogens is 243 g/mol. The quantitative estimate of drug-likeness (QED) is 0.917. The van der Waals surface area contributed by atoms with E-state index >= 15 is 0 Å². The van der Waals surface area contributed by atoms with Gasteiger partial charge < -0.3 is 10.2 Å². The molecule has 19 heavy (non-hydrogen) atoms. The number of halogens is 1. The van der Waals surface area contributed by atoms with E-state index in [4.69, 9.17) is 0 Å². The van der Waals surface area contributed by atoms with Crippen molar-refractivity contribution in [1.29, 1.82) is 0 Å². The smallest absolute Gasteiger partial charge is 0.138 e. The van der Waals surface area contributed by atoms with Crippen molar-refractivity contribution in [2.24, 2.45) is 0 Å². The summed E-state index contributed by atoms with van der Waals surface area (Å²) >= 11 is 0. The van der Waals surface area contributed by atoms with Crippen LogP contribution in [0, 0.1) is 12.7 Å². The Bertz CT molecular complexity index is 571. The minimum atomic E-state index is -0.254.